The standard InChI is InChI=1S/C24H24F3N5O4S/c1-34-19-11-9-18(10-12-19)32-20(15-21(29-32)24(25,26)27)23(33)28-17-7-5-16(6-8-17)22(30-37-36-35-2)31-13-3-4-14-31/h5-12,15H,3-4,13-14H2,1-2H3,(H,28,33)/b30-22+. The molecule has 1 saturated heterocycles. The van der Waals surface area contributed by atoms with Crippen molar-refractivity contribution in [3.63, 3.8) is 0 Å². The normalized spacial score (nSPS) is 14.2. The monoisotopic (exact) mass is 535 g/mol. The van der Waals surface area contributed by atoms with E-state index in [0.29, 0.717) is 17.3 Å². The molecule has 1 amide bonds. The number of likely N-dealkylation sites (tertiary alicyclic amines) is 1. The smallest absolute Gasteiger partial charge is 0.435 e. The molecule has 1 N–H and O–H groups in total. The Morgan fingerprint density at radius 2 is 1.73 bits per heavy atom. The van der Waals surface area contributed by atoms with E-state index in [2.05, 4.69) is 24.6 Å². The molecule has 4 rings (SSSR count). The summed E-state index contributed by atoms with van der Waals surface area (Å²) in [5.74, 6) is 0.468. The van der Waals surface area contributed by atoms with Crippen LogP contribution in [0.3, 0.4) is 0 Å². The quantitative estimate of drug-likeness (QED) is 0.0813. The first-order chi connectivity index (χ1) is 17.8. The van der Waals surface area contributed by atoms with Crippen molar-refractivity contribution < 1.29 is 31.9 Å². The average molecular weight is 536 g/mol. The van der Waals surface area contributed by atoms with Crippen molar-refractivity contribution in [2.45, 2.75) is 19.0 Å². The number of halogens is 3. The number of amidine groups is 1. The van der Waals surface area contributed by atoms with Crippen molar-refractivity contribution in [3.05, 3.63) is 71.5 Å². The van der Waals surface area contributed by atoms with Crippen LogP contribution in [0, 0.1) is 0 Å². The molecule has 0 atom stereocenters. The minimum atomic E-state index is -4.72. The molecule has 0 radical (unpaired) electrons. The van der Waals surface area contributed by atoms with Gasteiger partial charge >= 0.3 is 6.18 Å². The summed E-state index contributed by atoms with van der Waals surface area (Å²) in [6.45, 7) is 1.70. The van der Waals surface area contributed by atoms with Gasteiger partial charge in [0.2, 0.25) is 0 Å². The van der Waals surface area contributed by atoms with Crippen LogP contribution in [0.15, 0.2) is 59.0 Å². The highest BCUT2D eigenvalue weighted by molar-refractivity contribution is 7.93. The summed E-state index contributed by atoms with van der Waals surface area (Å²) >= 11 is 0.806. The highest BCUT2D eigenvalue weighted by Crippen LogP contribution is 2.30. The van der Waals surface area contributed by atoms with Crippen LogP contribution in [0.1, 0.15) is 34.6 Å². The summed E-state index contributed by atoms with van der Waals surface area (Å²) in [5, 5.41) is 6.28. The van der Waals surface area contributed by atoms with E-state index in [1.165, 1.54) is 26.4 Å². The molecule has 1 fully saturated rings. The highest BCUT2D eigenvalue weighted by Gasteiger charge is 2.36. The van der Waals surface area contributed by atoms with Gasteiger partial charge in [0, 0.05) is 30.4 Å². The molecule has 0 bridgehead atoms. The third-order valence-corrected chi connectivity index (χ3v) is 6.02. The summed E-state index contributed by atoms with van der Waals surface area (Å²) in [7, 11) is 2.86. The fourth-order valence-corrected chi connectivity index (χ4v) is 4.19. The van der Waals surface area contributed by atoms with Gasteiger partial charge in [0.05, 0.1) is 19.9 Å². The third-order valence-electron chi connectivity index (χ3n) is 5.58. The van der Waals surface area contributed by atoms with Crippen LogP contribution in [0.4, 0.5) is 18.9 Å². The number of hydrogen-bond acceptors (Lipinski definition) is 7. The Morgan fingerprint density at radius 1 is 1.05 bits per heavy atom. The fourth-order valence-electron chi connectivity index (χ4n) is 3.80. The van der Waals surface area contributed by atoms with Crippen molar-refractivity contribution in [3.8, 4) is 11.4 Å². The summed E-state index contributed by atoms with van der Waals surface area (Å²) in [5.41, 5.74) is 0.0141. The minimum absolute atomic E-state index is 0.269. The molecule has 37 heavy (non-hydrogen) atoms. The van der Waals surface area contributed by atoms with E-state index in [9.17, 15) is 18.0 Å². The Hall–Kier alpha value is -3.55. The van der Waals surface area contributed by atoms with Crippen LogP contribution in [-0.4, -0.2) is 53.7 Å². The van der Waals surface area contributed by atoms with Crippen LogP contribution in [-0.2, 0) is 15.4 Å². The first kappa shape index (κ1) is 26.5. The molecule has 1 aliphatic rings. The first-order valence-corrected chi connectivity index (χ1v) is 11.9. The van der Waals surface area contributed by atoms with Gasteiger partial charge in [-0.3, -0.25) is 4.79 Å². The largest absolute Gasteiger partial charge is 0.497 e. The summed E-state index contributed by atoms with van der Waals surface area (Å²) < 4.78 is 55.5. The Kier molecular flexibility index (Phi) is 8.36. The zero-order valence-electron chi connectivity index (χ0n) is 20.0. The van der Waals surface area contributed by atoms with Gasteiger partial charge in [0.1, 0.15) is 17.3 Å². The molecule has 196 valence electrons. The van der Waals surface area contributed by atoms with Gasteiger partial charge in [0.25, 0.3) is 5.91 Å². The molecule has 0 spiro atoms. The van der Waals surface area contributed by atoms with Crippen LogP contribution in [0.5, 0.6) is 5.75 Å². The number of benzene rings is 2. The van der Waals surface area contributed by atoms with Gasteiger partial charge in [-0.2, -0.15) is 22.7 Å². The second kappa shape index (κ2) is 11.7. The molecule has 0 saturated carbocycles. The second-order valence-electron chi connectivity index (χ2n) is 7.97. The van der Waals surface area contributed by atoms with E-state index in [1.54, 1.807) is 36.4 Å². The van der Waals surface area contributed by atoms with E-state index in [1.807, 2.05) is 0 Å². The molecule has 2 aromatic carbocycles. The molecule has 9 nitrogen and oxygen atoms in total. The summed E-state index contributed by atoms with van der Waals surface area (Å²) in [6, 6.07) is 13.7. The van der Waals surface area contributed by atoms with E-state index < -0.39 is 17.8 Å². The van der Waals surface area contributed by atoms with Crippen molar-refractivity contribution >= 4 is 29.7 Å². The van der Waals surface area contributed by atoms with Gasteiger partial charge in [-0.1, -0.05) is 0 Å². The summed E-state index contributed by atoms with van der Waals surface area (Å²) in [4.78, 5) is 19.7. The van der Waals surface area contributed by atoms with Crippen LogP contribution in [0.25, 0.3) is 5.69 Å². The predicted molar refractivity (Wildman–Crippen MR) is 133 cm³/mol. The zero-order valence-corrected chi connectivity index (χ0v) is 20.8. The van der Waals surface area contributed by atoms with E-state index >= 15 is 0 Å². The Morgan fingerprint density at radius 3 is 2.32 bits per heavy atom. The lowest BCUT2D eigenvalue weighted by Gasteiger charge is -2.20. The Balaban J connectivity index is 1.57. The number of amides is 1. The first-order valence-electron chi connectivity index (χ1n) is 11.2. The van der Waals surface area contributed by atoms with Gasteiger partial charge in [0.15, 0.2) is 17.9 Å². The maximum absolute atomic E-state index is 13.4. The Bertz CT molecular complexity index is 1240. The third kappa shape index (κ3) is 6.42. The molecule has 1 aliphatic heterocycles. The van der Waals surface area contributed by atoms with Crippen molar-refractivity contribution in [2.75, 3.05) is 32.6 Å². The molecular formula is C24H24F3N5O4S. The average Bonchev–Trinajstić information content (AvgIpc) is 3.58. The number of nitrogens with one attached hydrogen (secondary N) is 1. The highest BCUT2D eigenvalue weighted by atomic mass is 32.2. The molecule has 0 aliphatic carbocycles. The number of ether oxygens (including phenoxy) is 1. The van der Waals surface area contributed by atoms with Crippen molar-refractivity contribution in [2.24, 2.45) is 4.40 Å². The Labute approximate surface area is 215 Å². The second-order valence-corrected chi connectivity index (χ2v) is 8.44. The van der Waals surface area contributed by atoms with E-state index in [4.69, 9.17) is 9.07 Å². The molecule has 0 unspecified atom stereocenters. The lowest BCUT2D eigenvalue weighted by Crippen LogP contribution is -2.28. The maximum Gasteiger partial charge on any atom is 0.435 e. The number of alkyl halides is 3. The number of carbonyl (C=O) groups is 1. The molecule has 3 aromatic rings. The predicted octanol–water partition coefficient (Wildman–Crippen LogP) is 5.14. The summed E-state index contributed by atoms with van der Waals surface area (Å²) in [6.07, 6.45) is -2.63. The van der Waals surface area contributed by atoms with Gasteiger partial charge < -0.3 is 15.0 Å². The van der Waals surface area contributed by atoms with Gasteiger partial charge in [-0.25, -0.2) is 9.57 Å². The molecule has 1 aromatic heterocycles. The number of methoxy groups -OCH3 is 1. The number of nitrogens with zero attached hydrogens (tertiary/aromatic N) is 4. The SMILES string of the molecule is COOS/N=C(\c1ccc(NC(=O)c2cc(C(F)(F)F)nn2-c2ccc(OC)cc2)cc1)N1CCCC1. The van der Waals surface area contributed by atoms with Gasteiger partial charge in [-0.05, 0) is 61.4 Å². The number of hydrogen-bond donors (Lipinski definition) is 1. The van der Waals surface area contributed by atoms with Crippen LogP contribution >= 0.6 is 12.2 Å². The van der Waals surface area contributed by atoms with Crippen LogP contribution < -0.4 is 10.1 Å². The number of rotatable bonds is 8. The van der Waals surface area contributed by atoms with Gasteiger partial charge in [-0.15, -0.1) is 4.33 Å². The molecular weight excluding hydrogens is 511 g/mol. The molecule has 2 heterocycles. The minimum Gasteiger partial charge on any atom is -0.497 e. The van der Waals surface area contributed by atoms with Crippen molar-refractivity contribution in [1.29, 1.82) is 0 Å². The molecule has 13 heteroatoms. The maximum atomic E-state index is 13.4. The number of carbonyl (C=O) groups excluding carboxylic acids is 1. The lowest BCUT2D eigenvalue weighted by atomic mass is 10.1. The van der Waals surface area contributed by atoms with Crippen LogP contribution in [0.2, 0.25) is 0 Å². The van der Waals surface area contributed by atoms with E-state index in [0.717, 1.165) is 54.5 Å². The zero-order chi connectivity index (χ0) is 26.4. The number of anilines is 1. The number of aromatic nitrogens is 2. The van der Waals surface area contributed by atoms with Crippen molar-refractivity contribution in [1.82, 2.24) is 14.7 Å². The lowest BCUT2D eigenvalue weighted by molar-refractivity contribution is -0.160. The topological polar surface area (TPSA) is 90.2 Å². The fraction of sp³-hybridized carbons (Fsp3) is 0.292. The van der Waals surface area contributed by atoms with E-state index in [-0.39, 0.29) is 11.4 Å².